The van der Waals surface area contributed by atoms with Crippen LogP contribution in [0.25, 0.3) is 0 Å². The van der Waals surface area contributed by atoms with E-state index in [0.29, 0.717) is 43.8 Å². The predicted molar refractivity (Wildman–Crippen MR) is 118 cm³/mol. The third kappa shape index (κ3) is 6.31. The third-order valence-corrected chi connectivity index (χ3v) is 5.37. The van der Waals surface area contributed by atoms with Crippen LogP contribution in [0.5, 0.6) is 5.75 Å². The van der Waals surface area contributed by atoms with E-state index in [1.807, 2.05) is 42.5 Å². The number of nitrogens with zero attached hydrogens (tertiary/aromatic N) is 2. The first kappa shape index (κ1) is 22.3. The van der Waals surface area contributed by atoms with E-state index < -0.39 is 0 Å². The van der Waals surface area contributed by atoms with Gasteiger partial charge in [-0.25, -0.2) is 0 Å². The second kappa shape index (κ2) is 10.6. The standard InChI is InChI=1S/C24H29N3O4/c1-26(2)24(30)20-8-6-7-18(15-20)16-25-23(29)19-11-13-27(14-12-19)22(28)17-31-21-9-4-3-5-10-21/h3-10,15,19H,11-14,16-17H2,1-2H3,(H,25,29). The summed E-state index contributed by atoms with van der Waals surface area (Å²) in [6.07, 6.45) is 1.25. The van der Waals surface area contributed by atoms with E-state index in [9.17, 15) is 14.4 Å². The van der Waals surface area contributed by atoms with Crippen molar-refractivity contribution in [3.05, 3.63) is 65.7 Å². The second-order valence-corrected chi connectivity index (χ2v) is 7.87. The molecule has 1 fully saturated rings. The fourth-order valence-corrected chi connectivity index (χ4v) is 3.55. The highest BCUT2D eigenvalue weighted by molar-refractivity contribution is 5.94. The molecule has 7 heteroatoms. The van der Waals surface area contributed by atoms with Crippen LogP contribution in [0.2, 0.25) is 0 Å². The Bertz CT molecular complexity index is 906. The minimum atomic E-state index is -0.120. The molecular weight excluding hydrogens is 394 g/mol. The quantitative estimate of drug-likeness (QED) is 0.741. The van der Waals surface area contributed by atoms with Crippen LogP contribution >= 0.6 is 0 Å². The fraction of sp³-hybridized carbons (Fsp3) is 0.375. The number of hydrogen-bond donors (Lipinski definition) is 1. The number of nitrogens with one attached hydrogen (secondary N) is 1. The van der Waals surface area contributed by atoms with E-state index >= 15 is 0 Å². The Morgan fingerprint density at radius 3 is 2.42 bits per heavy atom. The molecule has 7 nitrogen and oxygen atoms in total. The van der Waals surface area contributed by atoms with Crippen molar-refractivity contribution in [2.45, 2.75) is 19.4 Å². The highest BCUT2D eigenvalue weighted by Gasteiger charge is 2.27. The molecule has 164 valence electrons. The molecule has 0 atom stereocenters. The zero-order valence-electron chi connectivity index (χ0n) is 18.0. The lowest BCUT2D eigenvalue weighted by molar-refractivity contribution is -0.137. The van der Waals surface area contributed by atoms with Crippen LogP contribution in [-0.2, 0) is 16.1 Å². The van der Waals surface area contributed by atoms with Crippen LogP contribution in [0, 0.1) is 5.92 Å². The summed E-state index contributed by atoms with van der Waals surface area (Å²) in [5.41, 5.74) is 1.48. The molecule has 3 rings (SSSR count). The van der Waals surface area contributed by atoms with Gasteiger partial charge in [0.25, 0.3) is 11.8 Å². The number of carbonyl (C=O) groups excluding carboxylic acids is 3. The molecule has 1 N–H and O–H groups in total. The normalized spacial score (nSPS) is 14.1. The summed E-state index contributed by atoms with van der Waals surface area (Å²) < 4.78 is 5.53. The molecule has 1 aliphatic rings. The first-order valence-electron chi connectivity index (χ1n) is 10.5. The molecule has 0 unspecified atom stereocenters. The number of likely N-dealkylation sites (tertiary alicyclic amines) is 1. The molecule has 2 aromatic rings. The number of piperidine rings is 1. The van der Waals surface area contributed by atoms with E-state index in [-0.39, 0.29) is 30.2 Å². The van der Waals surface area contributed by atoms with Crippen molar-refractivity contribution >= 4 is 17.7 Å². The second-order valence-electron chi connectivity index (χ2n) is 7.87. The minimum absolute atomic E-state index is 0.00286. The minimum Gasteiger partial charge on any atom is -0.484 e. The molecule has 0 saturated carbocycles. The Hall–Kier alpha value is -3.35. The van der Waals surface area contributed by atoms with Gasteiger partial charge in [-0.15, -0.1) is 0 Å². The smallest absolute Gasteiger partial charge is 0.260 e. The fourth-order valence-electron chi connectivity index (χ4n) is 3.55. The van der Waals surface area contributed by atoms with Crippen LogP contribution < -0.4 is 10.1 Å². The molecular formula is C24H29N3O4. The van der Waals surface area contributed by atoms with Gasteiger partial charge in [-0.3, -0.25) is 14.4 Å². The third-order valence-electron chi connectivity index (χ3n) is 5.37. The number of para-hydroxylation sites is 1. The first-order chi connectivity index (χ1) is 14.9. The molecule has 3 amide bonds. The average Bonchev–Trinajstić information content (AvgIpc) is 2.81. The lowest BCUT2D eigenvalue weighted by atomic mass is 9.95. The summed E-state index contributed by atoms with van der Waals surface area (Å²) in [5.74, 6) is 0.399. The number of hydrogen-bond acceptors (Lipinski definition) is 4. The van der Waals surface area contributed by atoms with Crippen LogP contribution in [-0.4, -0.2) is 61.3 Å². The summed E-state index contributed by atoms with van der Waals surface area (Å²) in [6.45, 7) is 1.46. The number of ether oxygens (including phenoxy) is 1. The van der Waals surface area contributed by atoms with Gasteiger partial charge in [0.2, 0.25) is 5.91 Å². The topological polar surface area (TPSA) is 79.0 Å². The Morgan fingerprint density at radius 2 is 1.74 bits per heavy atom. The molecule has 1 saturated heterocycles. The van der Waals surface area contributed by atoms with Gasteiger partial charge in [-0.1, -0.05) is 30.3 Å². The number of amides is 3. The van der Waals surface area contributed by atoms with Crippen molar-refractivity contribution in [3.63, 3.8) is 0 Å². The summed E-state index contributed by atoms with van der Waals surface area (Å²) >= 11 is 0. The largest absolute Gasteiger partial charge is 0.484 e. The monoisotopic (exact) mass is 423 g/mol. The Balaban J connectivity index is 1.42. The Morgan fingerprint density at radius 1 is 1.03 bits per heavy atom. The molecule has 0 bridgehead atoms. The maximum atomic E-state index is 12.6. The van der Waals surface area contributed by atoms with Crippen molar-refractivity contribution in [2.75, 3.05) is 33.8 Å². The average molecular weight is 424 g/mol. The van der Waals surface area contributed by atoms with Crippen LogP contribution in [0.15, 0.2) is 54.6 Å². The van der Waals surface area contributed by atoms with E-state index in [1.165, 1.54) is 4.90 Å². The van der Waals surface area contributed by atoms with Crippen molar-refractivity contribution in [1.82, 2.24) is 15.1 Å². The summed E-state index contributed by atoms with van der Waals surface area (Å²) in [4.78, 5) is 40.3. The molecule has 2 aromatic carbocycles. The van der Waals surface area contributed by atoms with Gasteiger partial charge >= 0.3 is 0 Å². The SMILES string of the molecule is CN(C)C(=O)c1cccc(CNC(=O)C2CCN(C(=O)COc3ccccc3)CC2)c1. The van der Waals surface area contributed by atoms with Crippen molar-refractivity contribution in [2.24, 2.45) is 5.92 Å². The van der Waals surface area contributed by atoms with Gasteiger partial charge in [0, 0.05) is 45.2 Å². The van der Waals surface area contributed by atoms with Crippen molar-refractivity contribution in [3.8, 4) is 5.75 Å². The predicted octanol–water partition coefficient (Wildman–Crippen LogP) is 2.32. The number of benzene rings is 2. The zero-order valence-corrected chi connectivity index (χ0v) is 18.0. The molecule has 31 heavy (non-hydrogen) atoms. The Labute approximate surface area is 183 Å². The molecule has 1 aliphatic heterocycles. The summed E-state index contributed by atoms with van der Waals surface area (Å²) in [7, 11) is 3.42. The number of carbonyl (C=O) groups is 3. The Kier molecular flexibility index (Phi) is 7.65. The molecule has 0 aliphatic carbocycles. The van der Waals surface area contributed by atoms with E-state index in [0.717, 1.165) is 5.56 Å². The molecule has 0 radical (unpaired) electrons. The van der Waals surface area contributed by atoms with Crippen LogP contribution in [0.4, 0.5) is 0 Å². The van der Waals surface area contributed by atoms with Gasteiger partial charge in [-0.2, -0.15) is 0 Å². The van der Waals surface area contributed by atoms with Crippen molar-refractivity contribution < 1.29 is 19.1 Å². The molecule has 0 spiro atoms. The molecule has 1 heterocycles. The highest BCUT2D eigenvalue weighted by Crippen LogP contribution is 2.18. The number of rotatable bonds is 7. The van der Waals surface area contributed by atoms with Crippen molar-refractivity contribution in [1.29, 1.82) is 0 Å². The first-order valence-corrected chi connectivity index (χ1v) is 10.5. The van der Waals surface area contributed by atoms with E-state index in [2.05, 4.69) is 5.32 Å². The van der Waals surface area contributed by atoms with E-state index in [1.54, 1.807) is 31.1 Å². The maximum Gasteiger partial charge on any atom is 0.260 e. The molecule has 0 aromatic heterocycles. The van der Waals surface area contributed by atoms with Gasteiger partial charge < -0.3 is 19.9 Å². The van der Waals surface area contributed by atoms with Crippen LogP contribution in [0.3, 0.4) is 0 Å². The summed E-state index contributed by atoms with van der Waals surface area (Å²) in [6, 6.07) is 16.5. The lowest BCUT2D eigenvalue weighted by Gasteiger charge is -2.31. The lowest BCUT2D eigenvalue weighted by Crippen LogP contribution is -2.44. The van der Waals surface area contributed by atoms with Gasteiger partial charge in [-0.05, 0) is 42.7 Å². The maximum absolute atomic E-state index is 12.6. The van der Waals surface area contributed by atoms with Gasteiger partial charge in [0.1, 0.15) is 5.75 Å². The van der Waals surface area contributed by atoms with Crippen LogP contribution in [0.1, 0.15) is 28.8 Å². The van der Waals surface area contributed by atoms with Gasteiger partial charge in [0.15, 0.2) is 6.61 Å². The zero-order chi connectivity index (χ0) is 22.2. The summed E-state index contributed by atoms with van der Waals surface area (Å²) in [5, 5.41) is 2.96. The highest BCUT2D eigenvalue weighted by atomic mass is 16.5. The van der Waals surface area contributed by atoms with Gasteiger partial charge in [0.05, 0.1) is 0 Å². The van der Waals surface area contributed by atoms with E-state index in [4.69, 9.17) is 4.74 Å².